The van der Waals surface area contributed by atoms with Gasteiger partial charge in [-0.1, -0.05) is 23.2 Å². The van der Waals surface area contributed by atoms with Gasteiger partial charge in [-0.15, -0.1) is 11.3 Å². The van der Waals surface area contributed by atoms with E-state index < -0.39 is 0 Å². The van der Waals surface area contributed by atoms with Crippen LogP contribution in [0, 0.1) is 0 Å². The van der Waals surface area contributed by atoms with Crippen molar-refractivity contribution < 1.29 is 9.59 Å². The van der Waals surface area contributed by atoms with E-state index in [1.54, 1.807) is 0 Å². The van der Waals surface area contributed by atoms with Crippen molar-refractivity contribution in [1.29, 1.82) is 0 Å². The normalized spacial score (nSPS) is 10.2. The van der Waals surface area contributed by atoms with Crippen LogP contribution in [0.4, 0.5) is 0 Å². The minimum Gasteiger partial charge on any atom is -0.294 e. The van der Waals surface area contributed by atoms with Crippen LogP contribution in [0.5, 0.6) is 0 Å². The maximum absolute atomic E-state index is 11.0. The summed E-state index contributed by atoms with van der Waals surface area (Å²) < 4.78 is 0. The summed E-state index contributed by atoms with van der Waals surface area (Å²) in [5.41, 5.74) is 0. The highest BCUT2D eigenvalue weighted by Crippen LogP contribution is 2.37. The molecule has 1 aromatic heterocycles. The highest BCUT2D eigenvalue weighted by Gasteiger charge is 2.20. The monoisotopic (exact) mass is 236 g/mol. The van der Waals surface area contributed by atoms with Crippen LogP contribution in [0.15, 0.2) is 0 Å². The zero-order valence-electron chi connectivity index (χ0n) is 6.98. The van der Waals surface area contributed by atoms with Gasteiger partial charge in [0, 0.05) is 13.8 Å². The number of carbonyl (C=O) groups excluding carboxylic acids is 2. The highest BCUT2D eigenvalue weighted by molar-refractivity contribution is 7.17. The summed E-state index contributed by atoms with van der Waals surface area (Å²) in [5, 5.41) is 0.369. The fourth-order valence-corrected chi connectivity index (χ4v) is 2.52. The largest absolute Gasteiger partial charge is 0.294 e. The molecule has 5 heteroatoms. The molecule has 0 bridgehead atoms. The Bertz CT molecular complexity index is 347. The maximum Gasteiger partial charge on any atom is 0.171 e. The van der Waals surface area contributed by atoms with Crippen molar-refractivity contribution in [3.8, 4) is 0 Å². The van der Waals surface area contributed by atoms with E-state index in [-0.39, 0.29) is 21.6 Å². The zero-order chi connectivity index (χ0) is 10.2. The van der Waals surface area contributed by atoms with E-state index in [1.165, 1.54) is 13.8 Å². The van der Waals surface area contributed by atoms with Gasteiger partial charge in [0.05, 0.1) is 19.8 Å². The van der Waals surface area contributed by atoms with Crippen molar-refractivity contribution in [2.24, 2.45) is 0 Å². The van der Waals surface area contributed by atoms with Gasteiger partial charge in [-0.2, -0.15) is 0 Å². The molecule has 0 N–H and O–H groups in total. The number of thiophene rings is 1. The Labute approximate surface area is 89.5 Å². The van der Waals surface area contributed by atoms with E-state index in [0.29, 0.717) is 9.75 Å². The molecule has 0 amide bonds. The lowest BCUT2D eigenvalue weighted by molar-refractivity contribution is 0.101. The van der Waals surface area contributed by atoms with E-state index in [2.05, 4.69) is 0 Å². The lowest BCUT2D eigenvalue weighted by atomic mass is 10.3. The first-order valence-electron chi connectivity index (χ1n) is 3.44. The van der Waals surface area contributed by atoms with E-state index in [1.807, 2.05) is 0 Å². The SMILES string of the molecule is CC(=O)c1sc(C(C)=O)c(Cl)c1Cl. The van der Waals surface area contributed by atoms with E-state index in [0.717, 1.165) is 11.3 Å². The number of rotatable bonds is 2. The third-order valence-electron chi connectivity index (χ3n) is 1.44. The number of halogens is 2. The lowest BCUT2D eigenvalue weighted by Crippen LogP contribution is -1.86. The van der Waals surface area contributed by atoms with Gasteiger partial charge < -0.3 is 0 Å². The summed E-state index contributed by atoms with van der Waals surface area (Å²) in [6, 6.07) is 0. The van der Waals surface area contributed by atoms with Crippen molar-refractivity contribution in [3.05, 3.63) is 19.8 Å². The van der Waals surface area contributed by atoms with Crippen LogP contribution in [0.25, 0.3) is 0 Å². The Morgan fingerprint density at radius 3 is 1.46 bits per heavy atom. The average molecular weight is 237 g/mol. The smallest absolute Gasteiger partial charge is 0.171 e. The summed E-state index contributed by atoms with van der Waals surface area (Å²) in [6.07, 6.45) is 0. The second kappa shape index (κ2) is 3.78. The van der Waals surface area contributed by atoms with Crippen molar-refractivity contribution in [1.82, 2.24) is 0 Å². The molecule has 0 radical (unpaired) electrons. The van der Waals surface area contributed by atoms with Crippen LogP contribution < -0.4 is 0 Å². The first-order valence-corrected chi connectivity index (χ1v) is 5.02. The minimum absolute atomic E-state index is 0.176. The Hall–Kier alpha value is -0.380. The van der Waals surface area contributed by atoms with Gasteiger partial charge in [-0.3, -0.25) is 9.59 Å². The molecule has 70 valence electrons. The van der Waals surface area contributed by atoms with Gasteiger partial charge in [0.1, 0.15) is 0 Å². The standard InChI is InChI=1S/C8H6Cl2O2S/c1-3(11)7-5(9)6(10)8(13-7)4(2)12/h1-2H3. The molecule has 0 atom stereocenters. The van der Waals surface area contributed by atoms with Crippen molar-refractivity contribution in [2.45, 2.75) is 13.8 Å². The molecule has 13 heavy (non-hydrogen) atoms. The fraction of sp³-hybridized carbons (Fsp3) is 0.250. The second-order valence-corrected chi connectivity index (χ2v) is 4.28. The predicted molar refractivity (Wildman–Crippen MR) is 54.3 cm³/mol. The van der Waals surface area contributed by atoms with Crippen LogP contribution in [-0.4, -0.2) is 11.6 Å². The number of hydrogen-bond acceptors (Lipinski definition) is 3. The number of Topliss-reactive ketones (excluding diaryl/α,β-unsaturated/α-hetero) is 2. The average Bonchev–Trinajstić information content (AvgIpc) is 2.29. The van der Waals surface area contributed by atoms with Crippen molar-refractivity contribution >= 4 is 46.1 Å². The molecule has 0 aliphatic rings. The Morgan fingerprint density at radius 1 is 1.00 bits per heavy atom. The predicted octanol–water partition coefficient (Wildman–Crippen LogP) is 3.46. The van der Waals surface area contributed by atoms with Gasteiger partial charge in [-0.25, -0.2) is 0 Å². The summed E-state index contributed by atoms with van der Waals surface area (Å²) in [7, 11) is 0. The number of hydrogen-bond donors (Lipinski definition) is 0. The Balaban J connectivity index is 3.36. The summed E-state index contributed by atoms with van der Waals surface area (Å²) in [6.45, 7) is 2.77. The zero-order valence-corrected chi connectivity index (χ0v) is 9.31. The van der Waals surface area contributed by atoms with Crippen LogP contribution in [0.1, 0.15) is 33.2 Å². The van der Waals surface area contributed by atoms with Crippen molar-refractivity contribution in [3.63, 3.8) is 0 Å². The van der Waals surface area contributed by atoms with E-state index in [9.17, 15) is 9.59 Å². The van der Waals surface area contributed by atoms with Crippen LogP contribution in [0.3, 0.4) is 0 Å². The second-order valence-electron chi connectivity index (χ2n) is 2.50. The topological polar surface area (TPSA) is 34.1 Å². The van der Waals surface area contributed by atoms with Gasteiger partial charge in [0.2, 0.25) is 0 Å². The molecule has 0 saturated heterocycles. The maximum atomic E-state index is 11.0. The van der Waals surface area contributed by atoms with E-state index >= 15 is 0 Å². The summed E-state index contributed by atoms with van der Waals surface area (Å²) in [5.74, 6) is -0.353. The molecule has 0 spiro atoms. The quantitative estimate of drug-likeness (QED) is 0.738. The molecule has 0 aliphatic heterocycles. The molecule has 0 aliphatic carbocycles. The van der Waals surface area contributed by atoms with Crippen LogP contribution in [-0.2, 0) is 0 Å². The molecule has 1 rings (SSSR count). The molecule has 0 fully saturated rings. The Kier molecular flexibility index (Phi) is 3.11. The lowest BCUT2D eigenvalue weighted by Gasteiger charge is -1.88. The van der Waals surface area contributed by atoms with Gasteiger partial charge in [0.15, 0.2) is 11.6 Å². The molecule has 0 aromatic carbocycles. The summed E-state index contributed by atoms with van der Waals surface area (Å²) in [4.78, 5) is 22.7. The summed E-state index contributed by atoms with van der Waals surface area (Å²) >= 11 is 12.6. The third kappa shape index (κ3) is 1.93. The van der Waals surface area contributed by atoms with Gasteiger partial charge >= 0.3 is 0 Å². The molecule has 1 heterocycles. The van der Waals surface area contributed by atoms with Crippen LogP contribution in [0.2, 0.25) is 10.0 Å². The van der Waals surface area contributed by atoms with Crippen LogP contribution >= 0.6 is 34.5 Å². The minimum atomic E-state index is -0.176. The molecular weight excluding hydrogens is 231 g/mol. The number of carbonyl (C=O) groups is 2. The third-order valence-corrected chi connectivity index (χ3v) is 3.90. The van der Waals surface area contributed by atoms with Gasteiger partial charge in [0.25, 0.3) is 0 Å². The molecule has 2 nitrogen and oxygen atoms in total. The molecule has 0 saturated carbocycles. The highest BCUT2D eigenvalue weighted by atomic mass is 35.5. The van der Waals surface area contributed by atoms with Gasteiger partial charge in [-0.05, 0) is 0 Å². The molecule has 0 unspecified atom stereocenters. The number of ketones is 2. The fourth-order valence-electron chi connectivity index (χ4n) is 0.844. The first kappa shape index (κ1) is 10.7. The molecular formula is C8H6Cl2O2S. The first-order chi connectivity index (χ1) is 5.95. The van der Waals surface area contributed by atoms with E-state index in [4.69, 9.17) is 23.2 Å². The van der Waals surface area contributed by atoms with Crippen molar-refractivity contribution in [2.75, 3.05) is 0 Å². The molecule has 1 aromatic rings. The Morgan fingerprint density at radius 2 is 1.31 bits per heavy atom.